The van der Waals surface area contributed by atoms with Crippen molar-refractivity contribution in [2.75, 3.05) is 13.1 Å². The number of hydrogen-bond acceptors (Lipinski definition) is 6. The summed E-state index contributed by atoms with van der Waals surface area (Å²) < 4.78 is 10.6. The highest BCUT2D eigenvalue weighted by Crippen LogP contribution is 2.14. The van der Waals surface area contributed by atoms with E-state index in [-0.39, 0.29) is 31.0 Å². The molecular formula is C17H23ClN4O3. The van der Waals surface area contributed by atoms with Crippen molar-refractivity contribution in [1.29, 1.82) is 0 Å². The fourth-order valence-corrected chi connectivity index (χ4v) is 2.59. The van der Waals surface area contributed by atoms with Crippen LogP contribution in [0, 0.1) is 0 Å². The molecular weight excluding hydrogens is 344 g/mol. The van der Waals surface area contributed by atoms with Gasteiger partial charge in [-0.2, -0.15) is 4.98 Å². The lowest BCUT2D eigenvalue weighted by Gasteiger charge is -2.23. The summed E-state index contributed by atoms with van der Waals surface area (Å²) in [6, 6.07) is 7.26. The Morgan fingerprint density at radius 2 is 2.20 bits per heavy atom. The largest absolute Gasteiger partial charge is 0.485 e. The van der Waals surface area contributed by atoms with E-state index in [2.05, 4.69) is 20.8 Å². The molecule has 0 spiro atoms. The SMILES string of the molecule is CCc1nc(COc2ccc(C(=O)NC3CCCNC3)cc2)no1.Cl. The van der Waals surface area contributed by atoms with Gasteiger partial charge in [-0.3, -0.25) is 4.79 Å². The van der Waals surface area contributed by atoms with Gasteiger partial charge < -0.3 is 19.9 Å². The van der Waals surface area contributed by atoms with E-state index >= 15 is 0 Å². The fourth-order valence-electron chi connectivity index (χ4n) is 2.59. The van der Waals surface area contributed by atoms with Gasteiger partial charge in [0, 0.05) is 24.6 Å². The number of hydrogen-bond donors (Lipinski definition) is 2. The van der Waals surface area contributed by atoms with Crippen LogP contribution < -0.4 is 15.4 Å². The second kappa shape index (κ2) is 9.39. The van der Waals surface area contributed by atoms with Crippen LogP contribution in [0.25, 0.3) is 0 Å². The van der Waals surface area contributed by atoms with Crippen molar-refractivity contribution in [1.82, 2.24) is 20.8 Å². The van der Waals surface area contributed by atoms with Crippen LogP contribution in [-0.4, -0.2) is 35.2 Å². The molecule has 1 atom stereocenters. The predicted molar refractivity (Wildman–Crippen MR) is 95.1 cm³/mol. The Kier molecular flexibility index (Phi) is 7.21. The van der Waals surface area contributed by atoms with E-state index in [1.165, 1.54) is 0 Å². The van der Waals surface area contributed by atoms with Gasteiger partial charge in [-0.25, -0.2) is 0 Å². The quantitative estimate of drug-likeness (QED) is 0.814. The molecule has 2 N–H and O–H groups in total. The molecule has 0 bridgehead atoms. The lowest BCUT2D eigenvalue weighted by Crippen LogP contribution is -2.45. The molecule has 1 aromatic carbocycles. The van der Waals surface area contributed by atoms with E-state index in [0.717, 1.165) is 25.9 Å². The molecule has 1 unspecified atom stereocenters. The van der Waals surface area contributed by atoms with Gasteiger partial charge >= 0.3 is 0 Å². The molecule has 1 saturated heterocycles. The third-order valence-corrected chi connectivity index (χ3v) is 3.93. The maximum Gasteiger partial charge on any atom is 0.251 e. The van der Waals surface area contributed by atoms with Gasteiger partial charge in [0.15, 0.2) is 6.61 Å². The number of halogens is 1. The van der Waals surface area contributed by atoms with Crippen LogP contribution in [0.15, 0.2) is 28.8 Å². The Balaban J connectivity index is 0.00000225. The Hall–Kier alpha value is -2.12. The summed E-state index contributed by atoms with van der Waals surface area (Å²) >= 11 is 0. The van der Waals surface area contributed by atoms with Crippen molar-refractivity contribution < 1.29 is 14.1 Å². The zero-order chi connectivity index (χ0) is 16.8. The summed E-state index contributed by atoms with van der Waals surface area (Å²) in [5.74, 6) is 1.71. The van der Waals surface area contributed by atoms with Crippen LogP contribution in [0.3, 0.4) is 0 Å². The van der Waals surface area contributed by atoms with E-state index in [0.29, 0.717) is 29.4 Å². The van der Waals surface area contributed by atoms with Crippen LogP contribution in [0.2, 0.25) is 0 Å². The topological polar surface area (TPSA) is 89.3 Å². The highest BCUT2D eigenvalue weighted by Gasteiger charge is 2.16. The third-order valence-electron chi connectivity index (χ3n) is 3.93. The van der Waals surface area contributed by atoms with E-state index in [4.69, 9.17) is 9.26 Å². The van der Waals surface area contributed by atoms with E-state index < -0.39 is 0 Å². The molecule has 136 valence electrons. The van der Waals surface area contributed by atoms with Gasteiger partial charge in [0.05, 0.1) is 0 Å². The standard InChI is InChI=1S/C17H22N4O3.ClH/c1-2-16-20-15(21-24-16)11-23-14-7-5-12(6-8-14)17(22)19-13-4-3-9-18-10-13;/h5-8,13,18H,2-4,9-11H2,1H3,(H,19,22);1H. The van der Waals surface area contributed by atoms with Crippen molar-refractivity contribution in [2.45, 2.75) is 38.8 Å². The molecule has 1 aromatic heterocycles. The van der Waals surface area contributed by atoms with Crippen molar-refractivity contribution in [3.8, 4) is 5.75 Å². The monoisotopic (exact) mass is 366 g/mol. The molecule has 7 nitrogen and oxygen atoms in total. The number of benzene rings is 1. The number of carbonyl (C=O) groups is 1. The van der Waals surface area contributed by atoms with Crippen molar-refractivity contribution >= 4 is 18.3 Å². The number of ether oxygens (including phenoxy) is 1. The van der Waals surface area contributed by atoms with Gasteiger partial charge in [-0.15, -0.1) is 12.4 Å². The minimum atomic E-state index is -0.0546. The molecule has 0 saturated carbocycles. The molecule has 0 aliphatic carbocycles. The van der Waals surface area contributed by atoms with Crippen molar-refractivity contribution in [2.24, 2.45) is 0 Å². The first kappa shape index (κ1) is 19.2. The Bertz CT molecular complexity index is 669. The van der Waals surface area contributed by atoms with Crippen LogP contribution in [0.5, 0.6) is 5.75 Å². The van der Waals surface area contributed by atoms with Crippen LogP contribution in [0.1, 0.15) is 41.8 Å². The molecule has 2 aromatic rings. The molecule has 1 aliphatic rings. The fraction of sp³-hybridized carbons (Fsp3) is 0.471. The van der Waals surface area contributed by atoms with Gasteiger partial charge in [0.2, 0.25) is 11.7 Å². The Morgan fingerprint density at radius 3 is 2.84 bits per heavy atom. The molecule has 2 heterocycles. The van der Waals surface area contributed by atoms with E-state index in [1.807, 2.05) is 6.92 Å². The minimum Gasteiger partial charge on any atom is -0.485 e. The van der Waals surface area contributed by atoms with Crippen LogP contribution in [-0.2, 0) is 13.0 Å². The lowest BCUT2D eigenvalue weighted by atomic mass is 10.1. The van der Waals surface area contributed by atoms with Crippen molar-refractivity contribution in [3.63, 3.8) is 0 Å². The van der Waals surface area contributed by atoms with Crippen LogP contribution >= 0.6 is 12.4 Å². The van der Waals surface area contributed by atoms with Gasteiger partial charge in [-0.1, -0.05) is 12.1 Å². The summed E-state index contributed by atoms with van der Waals surface area (Å²) in [5.41, 5.74) is 0.626. The smallest absolute Gasteiger partial charge is 0.251 e. The maximum atomic E-state index is 12.2. The average molecular weight is 367 g/mol. The third kappa shape index (κ3) is 5.44. The maximum absolute atomic E-state index is 12.2. The Morgan fingerprint density at radius 1 is 1.40 bits per heavy atom. The number of carbonyl (C=O) groups excluding carboxylic acids is 1. The molecule has 0 radical (unpaired) electrons. The van der Waals surface area contributed by atoms with Crippen LogP contribution in [0.4, 0.5) is 0 Å². The number of nitrogens with one attached hydrogen (secondary N) is 2. The van der Waals surface area contributed by atoms with E-state index in [1.54, 1.807) is 24.3 Å². The van der Waals surface area contributed by atoms with E-state index in [9.17, 15) is 4.79 Å². The number of amides is 1. The number of aryl methyl sites for hydroxylation is 1. The molecule has 1 amide bonds. The summed E-state index contributed by atoms with van der Waals surface area (Å²) in [6.45, 7) is 4.05. The van der Waals surface area contributed by atoms with Gasteiger partial charge in [0.1, 0.15) is 5.75 Å². The first-order chi connectivity index (χ1) is 11.7. The summed E-state index contributed by atoms with van der Waals surface area (Å²) in [4.78, 5) is 16.4. The number of nitrogens with zero attached hydrogens (tertiary/aromatic N) is 2. The minimum absolute atomic E-state index is 0. The average Bonchev–Trinajstić information content (AvgIpc) is 3.09. The lowest BCUT2D eigenvalue weighted by molar-refractivity contribution is 0.0930. The second-order valence-corrected chi connectivity index (χ2v) is 5.79. The van der Waals surface area contributed by atoms with Crippen molar-refractivity contribution in [3.05, 3.63) is 41.5 Å². The molecule has 1 fully saturated rings. The number of rotatable bonds is 6. The Labute approximate surface area is 152 Å². The predicted octanol–water partition coefficient (Wildman–Crippen LogP) is 2.11. The molecule has 25 heavy (non-hydrogen) atoms. The van der Waals surface area contributed by atoms with Gasteiger partial charge in [0.25, 0.3) is 5.91 Å². The van der Waals surface area contributed by atoms with Gasteiger partial charge in [-0.05, 0) is 43.7 Å². The molecule has 3 rings (SSSR count). The first-order valence-electron chi connectivity index (χ1n) is 8.30. The highest BCUT2D eigenvalue weighted by molar-refractivity contribution is 5.94. The second-order valence-electron chi connectivity index (χ2n) is 5.79. The summed E-state index contributed by atoms with van der Waals surface area (Å²) in [6.07, 6.45) is 2.81. The zero-order valence-electron chi connectivity index (χ0n) is 14.2. The molecule has 1 aliphatic heterocycles. The zero-order valence-corrected chi connectivity index (χ0v) is 15.0. The number of aromatic nitrogens is 2. The summed E-state index contributed by atoms with van der Waals surface area (Å²) in [5, 5.41) is 10.2. The highest BCUT2D eigenvalue weighted by atomic mass is 35.5. The normalized spacial score (nSPS) is 16.8. The summed E-state index contributed by atoms with van der Waals surface area (Å²) in [7, 11) is 0. The molecule has 8 heteroatoms. The first-order valence-corrected chi connectivity index (χ1v) is 8.30. The number of piperidine rings is 1.